The van der Waals surface area contributed by atoms with Gasteiger partial charge in [0.2, 0.25) is 11.8 Å². The number of nitrogens with one attached hydrogen (secondary N) is 1. The van der Waals surface area contributed by atoms with Gasteiger partial charge in [0, 0.05) is 45.2 Å². The molecule has 2 unspecified atom stereocenters. The van der Waals surface area contributed by atoms with E-state index in [9.17, 15) is 9.59 Å². The van der Waals surface area contributed by atoms with Crippen LogP contribution in [-0.4, -0.2) is 85.4 Å². The fourth-order valence-corrected chi connectivity index (χ4v) is 2.73. The molecule has 6 nitrogen and oxygen atoms in total. The van der Waals surface area contributed by atoms with Crippen LogP contribution < -0.4 is 5.32 Å². The molecule has 0 aromatic carbocycles. The van der Waals surface area contributed by atoms with E-state index in [0.29, 0.717) is 25.6 Å². The van der Waals surface area contributed by atoms with Crippen LogP contribution in [0.4, 0.5) is 0 Å². The first-order valence-electron chi connectivity index (χ1n) is 6.94. The Morgan fingerprint density at radius 2 is 1.95 bits per heavy atom. The number of hydrogen-bond acceptors (Lipinski definition) is 4. The zero-order chi connectivity index (χ0) is 14.0. The van der Waals surface area contributed by atoms with Crippen LogP contribution >= 0.6 is 0 Å². The lowest BCUT2D eigenvalue weighted by atomic mass is 10.1. The second-order valence-electron chi connectivity index (χ2n) is 5.72. The van der Waals surface area contributed by atoms with E-state index in [4.69, 9.17) is 0 Å². The van der Waals surface area contributed by atoms with Crippen LogP contribution in [0, 0.1) is 0 Å². The summed E-state index contributed by atoms with van der Waals surface area (Å²) >= 11 is 0. The van der Waals surface area contributed by atoms with Gasteiger partial charge in [0.1, 0.15) is 6.04 Å². The fourth-order valence-electron chi connectivity index (χ4n) is 2.73. The number of nitrogens with zero attached hydrogens (tertiary/aromatic N) is 3. The first-order chi connectivity index (χ1) is 8.97. The van der Waals surface area contributed by atoms with Crippen molar-refractivity contribution in [3.8, 4) is 0 Å². The van der Waals surface area contributed by atoms with Gasteiger partial charge in [-0.05, 0) is 21.0 Å². The quantitative estimate of drug-likeness (QED) is 0.696. The van der Waals surface area contributed by atoms with E-state index in [-0.39, 0.29) is 11.8 Å². The third-order valence-corrected chi connectivity index (χ3v) is 4.08. The van der Waals surface area contributed by atoms with Gasteiger partial charge in [-0.1, -0.05) is 0 Å². The summed E-state index contributed by atoms with van der Waals surface area (Å²) in [7, 11) is 4.21. The minimum Gasteiger partial charge on any atom is -0.345 e. The van der Waals surface area contributed by atoms with Crippen molar-refractivity contribution in [2.75, 3.05) is 46.8 Å². The lowest BCUT2D eigenvalue weighted by Crippen LogP contribution is -2.56. The highest BCUT2D eigenvalue weighted by atomic mass is 16.2. The van der Waals surface area contributed by atoms with Crippen molar-refractivity contribution in [3.63, 3.8) is 0 Å². The Kier molecular flexibility index (Phi) is 4.42. The molecule has 19 heavy (non-hydrogen) atoms. The molecule has 2 saturated heterocycles. The third-order valence-electron chi connectivity index (χ3n) is 4.08. The van der Waals surface area contributed by atoms with E-state index in [0.717, 1.165) is 19.6 Å². The number of piperazine rings is 1. The summed E-state index contributed by atoms with van der Waals surface area (Å²) in [6.07, 6.45) is 0.405. The summed E-state index contributed by atoms with van der Waals surface area (Å²) in [5, 5.41) is 2.72. The van der Waals surface area contributed by atoms with Crippen molar-refractivity contribution in [2.24, 2.45) is 0 Å². The van der Waals surface area contributed by atoms with Crippen molar-refractivity contribution < 1.29 is 9.59 Å². The van der Waals surface area contributed by atoms with Crippen LogP contribution in [0.5, 0.6) is 0 Å². The molecule has 1 N–H and O–H groups in total. The first-order valence-corrected chi connectivity index (χ1v) is 6.94. The molecule has 0 bridgehead atoms. The van der Waals surface area contributed by atoms with Crippen LogP contribution in [-0.2, 0) is 9.59 Å². The summed E-state index contributed by atoms with van der Waals surface area (Å²) in [5.74, 6) is 0.00458. The van der Waals surface area contributed by atoms with Gasteiger partial charge in [-0.25, -0.2) is 0 Å². The van der Waals surface area contributed by atoms with Crippen LogP contribution in [0.1, 0.15) is 13.3 Å². The van der Waals surface area contributed by atoms with E-state index < -0.39 is 6.04 Å². The Hall–Kier alpha value is -1.14. The van der Waals surface area contributed by atoms with Crippen LogP contribution in [0.25, 0.3) is 0 Å². The van der Waals surface area contributed by atoms with E-state index in [1.807, 2.05) is 4.90 Å². The Morgan fingerprint density at radius 3 is 2.68 bits per heavy atom. The molecule has 2 atom stereocenters. The van der Waals surface area contributed by atoms with Gasteiger partial charge in [-0.3, -0.25) is 14.5 Å². The number of hydrogen-bond donors (Lipinski definition) is 1. The largest absolute Gasteiger partial charge is 0.345 e. The average Bonchev–Trinajstić information content (AvgIpc) is 2.47. The smallest absolute Gasteiger partial charge is 0.244 e. The van der Waals surface area contributed by atoms with E-state index >= 15 is 0 Å². The van der Waals surface area contributed by atoms with Gasteiger partial charge >= 0.3 is 0 Å². The highest BCUT2D eigenvalue weighted by Crippen LogP contribution is 2.11. The molecule has 2 aliphatic heterocycles. The van der Waals surface area contributed by atoms with Gasteiger partial charge in [-0.2, -0.15) is 0 Å². The molecule has 2 rings (SSSR count). The lowest BCUT2D eigenvalue weighted by Gasteiger charge is -2.40. The van der Waals surface area contributed by atoms with Crippen molar-refractivity contribution >= 4 is 11.8 Å². The van der Waals surface area contributed by atoms with E-state index in [1.165, 1.54) is 0 Å². The molecule has 0 aromatic heterocycles. The Morgan fingerprint density at radius 1 is 1.21 bits per heavy atom. The SMILES string of the molecule is CC1NC(=O)CCN(CC2CN(C)CCN2C)C1=O. The van der Waals surface area contributed by atoms with Gasteiger partial charge in [0.05, 0.1) is 0 Å². The Labute approximate surface area is 114 Å². The second-order valence-corrected chi connectivity index (χ2v) is 5.72. The lowest BCUT2D eigenvalue weighted by molar-refractivity contribution is -0.134. The summed E-state index contributed by atoms with van der Waals surface area (Å²) in [5.41, 5.74) is 0. The van der Waals surface area contributed by atoms with Gasteiger partial charge in [0.25, 0.3) is 0 Å². The monoisotopic (exact) mass is 268 g/mol. The van der Waals surface area contributed by atoms with E-state index in [2.05, 4.69) is 29.2 Å². The van der Waals surface area contributed by atoms with Gasteiger partial charge < -0.3 is 15.1 Å². The molecule has 2 amide bonds. The maximum absolute atomic E-state index is 12.2. The zero-order valence-electron chi connectivity index (χ0n) is 12.1. The molecule has 0 radical (unpaired) electrons. The normalized spacial score (nSPS) is 31.2. The van der Waals surface area contributed by atoms with Crippen LogP contribution in [0.15, 0.2) is 0 Å². The number of likely N-dealkylation sites (N-methyl/N-ethyl adjacent to an activating group) is 2. The van der Waals surface area contributed by atoms with Gasteiger partial charge in [-0.15, -0.1) is 0 Å². The molecule has 108 valence electrons. The molecule has 6 heteroatoms. The first kappa shape index (κ1) is 14.3. The van der Waals surface area contributed by atoms with Gasteiger partial charge in [0.15, 0.2) is 0 Å². The van der Waals surface area contributed by atoms with Crippen molar-refractivity contribution in [2.45, 2.75) is 25.4 Å². The molecule has 0 aliphatic carbocycles. The van der Waals surface area contributed by atoms with Crippen molar-refractivity contribution in [1.29, 1.82) is 0 Å². The maximum atomic E-state index is 12.2. The highest BCUT2D eigenvalue weighted by Gasteiger charge is 2.30. The number of amides is 2. The van der Waals surface area contributed by atoms with E-state index in [1.54, 1.807) is 6.92 Å². The summed E-state index contributed by atoms with van der Waals surface area (Å²) in [6, 6.07) is -0.0512. The van der Waals surface area contributed by atoms with Crippen LogP contribution in [0.2, 0.25) is 0 Å². The Balaban J connectivity index is 2.00. The molecule has 2 aliphatic rings. The second kappa shape index (κ2) is 5.88. The van der Waals surface area contributed by atoms with Crippen LogP contribution in [0.3, 0.4) is 0 Å². The molecular formula is C13H24N4O2. The summed E-state index contributed by atoms with van der Waals surface area (Å²) < 4.78 is 0. The highest BCUT2D eigenvalue weighted by molar-refractivity contribution is 5.89. The topological polar surface area (TPSA) is 55.9 Å². The minimum absolute atomic E-state index is 0.0301. The van der Waals surface area contributed by atoms with Crippen molar-refractivity contribution in [1.82, 2.24) is 20.0 Å². The third kappa shape index (κ3) is 3.45. The molecule has 2 heterocycles. The average molecular weight is 268 g/mol. The predicted octanol–water partition coefficient (Wildman–Crippen LogP) is -1.03. The minimum atomic E-state index is -0.401. The molecule has 2 fully saturated rings. The standard InChI is InChI=1S/C13H24N4O2/c1-10-13(19)17(5-4-12(18)14-10)9-11-8-15(2)6-7-16(11)3/h10-11H,4-9H2,1-3H3,(H,14,18). The zero-order valence-corrected chi connectivity index (χ0v) is 12.1. The maximum Gasteiger partial charge on any atom is 0.244 e. The number of carbonyl (C=O) groups is 2. The predicted molar refractivity (Wildman–Crippen MR) is 72.7 cm³/mol. The fraction of sp³-hybridized carbons (Fsp3) is 0.846. The summed E-state index contributed by atoms with van der Waals surface area (Å²) in [6.45, 7) is 6.06. The Bertz CT molecular complexity index is 361. The summed E-state index contributed by atoms with van der Waals surface area (Å²) in [4.78, 5) is 30.1. The molecular weight excluding hydrogens is 244 g/mol. The number of rotatable bonds is 2. The van der Waals surface area contributed by atoms with Crippen molar-refractivity contribution in [3.05, 3.63) is 0 Å². The molecule has 0 saturated carbocycles. The molecule has 0 aromatic rings. The number of carbonyl (C=O) groups excluding carboxylic acids is 2. The molecule has 0 spiro atoms.